The molecule has 0 aliphatic carbocycles. The largest absolute Gasteiger partial charge is 0.396 e. The third-order valence-electron chi connectivity index (χ3n) is 2.54. The number of rotatable bonds is 6. The highest BCUT2D eigenvalue weighted by atomic mass is 32.2. The molecule has 6 heteroatoms. The quantitative estimate of drug-likeness (QED) is 0.474. The summed E-state index contributed by atoms with van der Waals surface area (Å²) in [6.45, 7) is 5.83. The lowest BCUT2D eigenvalue weighted by Gasteiger charge is -1.97. The Morgan fingerprint density at radius 1 is 1.62 bits per heavy atom. The highest BCUT2D eigenvalue weighted by Gasteiger charge is 2.13. The molecule has 0 radical (unpaired) electrons. The number of aldehydes is 1. The first-order valence-corrected chi connectivity index (χ1v) is 8.36. The predicted octanol–water partition coefficient (Wildman–Crippen LogP) is 3.67. The van der Waals surface area contributed by atoms with E-state index in [1.807, 2.05) is 31.6 Å². The first kappa shape index (κ1) is 19.3. The number of nitriles is 1. The van der Waals surface area contributed by atoms with Crippen molar-refractivity contribution in [1.82, 2.24) is 5.32 Å². The Morgan fingerprint density at radius 2 is 2.29 bits per heavy atom. The summed E-state index contributed by atoms with van der Waals surface area (Å²) in [6, 6.07) is 1.98. The number of hydrogen-bond acceptors (Lipinski definition) is 6. The standard InChI is InChI=1S/C8H15N.C7H6N2OS2/c1-4-8(2)6-5-7-9-3;1-11-7-4(2-8)6(9)5(3-10)12-7/h4-5,7-9H,1,6H2,2-3H3;3H,9H2,1H3/b7-5+;. The van der Waals surface area contributed by atoms with Crippen LogP contribution in [0.1, 0.15) is 28.6 Å². The van der Waals surface area contributed by atoms with E-state index in [0.717, 1.165) is 10.6 Å². The lowest BCUT2D eigenvalue weighted by atomic mass is 10.1. The molecule has 1 aromatic rings. The molecular formula is C15H21N3OS2. The van der Waals surface area contributed by atoms with E-state index in [4.69, 9.17) is 11.0 Å². The molecule has 1 heterocycles. The second kappa shape index (κ2) is 11.0. The van der Waals surface area contributed by atoms with E-state index in [0.29, 0.717) is 28.3 Å². The van der Waals surface area contributed by atoms with Crippen molar-refractivity contribution in [3.8, 4) is 6.07 Å². The molecule has 0 saturated carbocycles. The van der Waals surface area contributed by atoms with E-state index in [-0.39, 0.29) is 0 Å². The molecule has 114 valence electrons. The monoisotopic (exact) mass is 323 g/mol. The van der Waals surface area contributed by atoms with Crippen LogP contribution in [0, 0.1) is 17.2 Å². The van der Waals surface area contributed by atoms with Crippen LogP contribution in [0.3, 0.4) is 0 Å². The Bertz CT molecular complexity index is 530. The topological polar surface area (TPSA) is 78.9 Å². The summed E-state index contributed by atoms with van der Waals surface area (Å²) < 4.78 is 0.803. The van der Waals surface area contributed by atoms with Gasteiger partial charge in [0, 0.05) is 7.05 Å². The van der Waals surface area contributed by atoms with Crippen molar-refractivity contribution in [1.29, 1.82) is 5.26 Å². The number of allylic oxidation sites excluding steroid dienone is 2. The van der Waals surface area contributed by atoms with Crippen molar-refractivity contribution in [3.63, 3.8) is 0 Å². The van der Waals surface area contributed by atoms with Gasteiger partial charge >= 0.3 is 0 Å². The zero-order chi connectivity index (χ0) is 16.3. The minimum Gasteiger partial charge on any atom is -0.396 e. The van der Waals surface area contributed by atoms with Gasteiger partial charge in [-0.3, -0.25) is 4.79 Å². The third-order valence-corrected chi connectivity index (χ3v) is 4.79. The Balaban J connectivity index is 0.000000400. The van der Waals surface area contributed by atoms with Gasteiger partial charge in [0.2, 0.25) is 0 Å². The van der Waals surface area contributed by atoms with Crippen molar-refractivity contribution in [2.45, 2.75) is 17.6 Å². The number of nitrogens with two attached hydrogens (primary N) is 1. The van der Waals surface area contributed by atoms with Crippen LogP contribution in [0.25, 0.3) is 0 Å². The fourth-order valence-electron chi connectivity index (χ4n) is 1.27. The molecule has 0 spiro atoms. The van der Waals surface area contributed by atoms with E-state index in [2.05, 4.69) is 24.9 Å². The second-order valence-electron chi connectivity index (χ2n) is 4.12. The molecule has 21 heavy (non-hydrogen) atoms. The zero-order valence-corrected chi connectivity index (χ0v) is 14.2. The smallest absolute Gasteiger partial charge is 0.162 e. The molecule has 0 aliphatic heterocycles. The van der Waals surface area contributed by atoms with E-state index in [1.165, 1.54) is 23.1 Å². The predicted molar refractivity (Wildman–Crippen MR) is 92.8 cm³/mol. The third kappa shape index (κ3) is 6.52. The Morgan fingerprint density at radius 3 is 2.67 bits per heavy atom. The highest BCUT2D eigenvalue weighted by molar-refractivity contribution is 8.00. The lowest BCUT2D eigenvalue weighted by molar-refractivity contribution is 0.112. The van der Waals surface area contributed by atoms with Crippen LogP contribution in [-0.4, -0.2) is 19.6 Å². The first-order chi connectivity index (χ1) is 10.0. The lowest BCUT2D eigenvalue weighted by Crippen LogP contribution is -1.92. The summed E-state index contributed by atoms with van der Waals surface area (Å²) in [7, 11) is 1.90. The fraction of sp³-hybridized carbons (Fsp3) is 0.333. The van der Waals surface area contributed by atoms with E-state index in [9.17, 15) is 4.79 Å². The SMILES string of the molecule is C=CC(C)C/C=C/NC.CSc1sc(C=O)c(N)c1C#N. The van der Waals surface area contributed by atoms with Gasteiger partial charge in [-0.05, 0) is 24.8 Å². The maximum atomic E-state index is 10.4. The number of thioether (sulfide) groups is 1. The van der Waals surface area contributed by atoms with Crippen molar-refractivity contribution < 1.29 is 4.79 Å². The molecule has 4 nitrogen and oxygen atoms in total. The molecule has 1 rings (SSSR count). The number of nitrogens with one attached hydrogen (secondary N) is 1. The molecule has 0 amide bonds. The highest BCUT2D eigenvalue weighted by Crippen LogP contribution is 2.35. The van der Waals surface area contributed by atoms with Crippen LogP contribution in [0.2, 0.25) is 0 Å². The number of nitrogens with zero attached hydrogens (tertiary/aromatic N) is 1. The van der Waals surface area contributed by atoms with Gasteiger partial charge in [-0.1, -0.05) is 19.1 Å². The van der Waals surface area contributed by atoms with Gasteiger partial charge in [-0.25, -0.2) is 0 Å². The minimum absolute atomic E-state index is 0.307. The van der Waals surface area contributed by atoms with Gasteiger partial charge < -0.3 is 11.1 Å². The van der Waals surface area contributed by atoms with Crippen LogP contribution >= 0.6 is 23.1 Å². The van der Waals surface area contributed by atoms with Gasteiger partial charge in [0.25, 0.3) is 0 Å². The van der Waals surface area contributed by atoms with Crippen molar-refractivity contribution >= 4 is 35.1 Å². The molecule has 0 fully saturated rings. The van der Waals surface area contributed by atoms with Gasteiger partial charge in [0.1, 0.15) is 11.6 Å². The molecule has 0 saturated heterocycles. The summed E-state index contributed by atoms with van der Waals surface area (Å²) in [4.78, 5) is 10.9. The number of carbonyl (C=O) groups excluding carboxylic acids is 1. The molecular weight excluding hydrogens is 302 g/mol. The summed E-state index contributed by atoms with van der Waals surface area (Å²) in [5.74, 6) is 0.592. The average molecular weight is 323 g/mol. The Hall–Kier alpha value is -1.71. The number of carbonyl (C=O) groups is 1. The fourth-order valence-corrected chi connectivity index (χ4v) is 2.95. The molecule has 0 aromatic carbocycles. The number of anilines is 1. The molecule has 0 bridgehead atoms. The maximum absolute atomic E-state index is 10.4. The number of thiophene rings is 1. The van der Waals surface area contributed by atoms with Gasteiger partial charge in [0.15, 0.2) is 6.29 Å². The van der Waals surface area contributed by atoms with E-state index >= 15 is 0 Å². The number of hydrogen-bond donors (Lipinski definition) is 2. The molecule has 0 aliphatic rings. The Labute approximate surface area is 134 Å². The van der Waals surface area contributed by atoms with E-state index < -0.39 is 0 Å². The van der Waals surface area contributed by atoms with Crippen molar-refractivity contribution in [3.05, 3.63) is 35.4 Å². The van der Waals surface area contributed by atoms with Crippen LogP contribution in [-0.2, 0) is 0 Å². The van der Waals surface area contributed by atoms with Crippen molar-refractivity contribution in [2.24, 2.45) is 5.92 Å². The zero-order valence-electron chi connectivity index (χ0n) is 12.6. The van der Waals surface area contributed by atoms with E-state index in [1.54, 1.807) is 0 Å². The maximum Gasteiger partial charge on any atom is 0.162 e. The molecule has 1 aromatic heterocycles. The summed E-state index contributed by atoms with van der Waals surface area (Å²) in [5, 5.41) is 11.6. The average Bonchev–Trinajstić information content (AvgIpc) is 2.83. The first-order valence-electron chi connectivity index (χ1n) is 6.31. The normalized spacial score (nSPS) is 11.1. The van der Waals surface area contributed by atoms with Crippen LogP contribution < -0.4 is 11.1 Å². The number of nitrogen functional groups attached to an aromatic ring is 1. The van der Waals surface area contributed by atoms with Gasteiger partial charge in [0.05, 0.1) is 14.8 Å². The molecule has 3 N–H and O–H groups in total. The summed E-state index contributed by atoms with van der Waals surface area (Å²) in [5.41, 5.74) is 6.28. The van der Waals surface area contributed by atoms with Gasteiger partial charge in [-0.15, -0.1) is 29.7 Å². The second-order valence-corrected chi connectivity index (χ2v) is 6.24. The van der Waals surface area contributed by atoms with Crippen LogP contribution in [0.15, 0.2) is 29.1 Å². The van der Waals surface area contributed by atoms with Gasteiger partial charge in [-0.2, -0.15) is 5.26 Å². The summed E-state index contributed by atoms with van der Waals surface area (Å²) in [6.07, 6.45) is 9.61. The minimum atomic E-state index is 0.307. The van der Waals surface area contributed by atoms with Crippen molar-refractivity contribution in [2.75, 3.05) is 19.0 Å². The Kier molecular flexibility index (Phi) is 10.1. The molecule has 1 atom stereocenters. The van der Waals surface area contributed by atoms with Crippen LogP contribution in [0.5, 0.6) is 0 Å². The summed E-state index contributed by atoms with van der Waals surface area (Å²) >= 11 is 2.69. The molecule has 1 unspecified atom stereocenters. The van der Waals surface area contributed by atoms with Crippen LogP contribution in [0.4, 0.5) is 5.69 Å².